The zero-order valence-corrected chi connectivity index (χ0v) is 15.3. The predicted octanol–water partition coefficient (Wildman–Crippen LogP) is 2.34. The van der Waals surface area contributed by atoms with Crippen LogP contribution >= 0.6 is 0 Å². The van der Waals surface area contributed by atoms with Crippen LogP contribution in [0.4, 0.5) is 5.82 Å². The van der Waals surface area contributed by atoms with Gasteiger partial charge in [0, 0.05) is 49.4 Å². The quantitative estimate of drug-likeness (QED) is 0.738. The van der Waals surface area contributed by atoms with Crippen molar-refractivity contribution < 1.29 is 4.79 Å². The molecular formula is C19H21N7O. The smallest absolute Gasteiger partial charge is 0.219 e. The van der Waals surface area contributed by atoms with Crippen molar-refractivity contribution in [2.45, 2.75) is 32.9 Å². The van der Waals surface area contributed by atoms with Crippen LogP contribution in [0.2, 0.25) is 0 Å². The lowest BCUT2D eigenvalue weighted by Crippen LogP contribution is -2.35. The van der Waals surface area contributed by atoms with Crippen LogP contribution in [0.15, 0.2) is 36.9 Å². The van der Waals surface area contributed by atoms with Crippen LogP contribution in [-0.4, -0.2) is 42.3 Å². The van der Waals surface area contributed by atoms with Crippen LogP contribution < -0.4 is 5.32 Å². The number of carbonyl (C=O) groups excluding carboxylic acids is 1. The number of aromatic amines is 1. The Kier molecular flexibility index (Phi) is 4.53. The molecule has 3 aromatic heterocycles. The molecule has 8 heteroatoms. The lowest BCUT2D eigenvalue weighted by molar-refractivity contribution is -0.129. The number of anilines is 1. The molecule has 27 heavy (non-hydrogen) atoms. The molecule has 0 aliphatic carbocycles. The minimum atomic E-state index is -0.0356. The molecule has 1 aliphatic heterocycles. The largest absolute Gasteiger partial charge is 0.360 e. The fourth-order valence-corrected chi connectivity index (χ4v) is 3.23. The van der Waals surface area contributed by atoms with E-state index >= 15 is 0 Å². The van der Waals surface area contributed by atoms with E-state index < -0.39 is 0 Å². The summed E-state index contributed by atoms with van der Waals surface area (Å²) in [6.07, 6.45) is 7.71. The number of fused-ring (bicyclic) bond motifs is 1. The molecule has 1 aliphatic rings. The fraction of sp³-hybridized carbons (Fsp3) is 0.316. The molecule has 3 aromatic rings. The molecule has 0 saturated carbocycles. The summed E-state index contributed by atoms with van der Waals surface area (Å²) in [5, 5.41) is 3.46. The van der Waals surface area contributed by atoms with Crippen molar-refractivity contribution in [2.24, 2.45) is 0 Å². The number of nitrogens with one attached hydrogen (secondary N) is 2. The summed E-state index contributed by atoms with van der Waals surface area (Å²) in [6.45, 7) is 4.78. The molecule has 4 heterocycles. The van der Waals surface area contributed by atoms with Gasteiger partial charge < -0.3 is 15.2 Å². The van der Waals surface area contributed by atoms with E-state index in [1.165, 1.54) is 0 Å². The first-order valence-corrected chi connectivity index (χ1v) is 8.93. The summed E-state index contributed by atoms with van der Waals surface area (Å²) in [7, 11) is 0. The number of hydrogen-bond acceptors (Lipinski definition) is 6. The third-order valence-corrected chi connectivity index (χ3v) is 4.71. The average molecular weight is 363 g/mol. The molecule has 0 fully saturated rings. The van der Waals surface area contributed by atoms with Crippen LogP contribution in [0.5, 0.6) is 0 Å². The minimum Gasteiger partial charge on any atom is -0.360 e. The highest BCUT2D eigenvalue weighted by atomic mass is 16.2. The first-order chi connectivity index (χ1) is 13.1. The van der Waals surface area contributed by atoms with E-state index in [1.54, 1.807) is 31.7 Å². The first kappa shape index (κ1) is 17.1. The van der Waals surface area contributed by atoms with Crippen molar-refractivity contribution in [1.82, 2.24) is 29.8 Å². The highest BCUT2D eigenvalue weighted by Crippen LogP contribution is 2.29. The van der Waals surface area contributed by atoms with E-state index in [1.807, 2.05) is 24.0 Å². The third-order valence-electron chi connectivity index (χ3n) is 4.71. The molecule has 1 atom stereocenters. The molecule has 0 unspecified atom stereocenters. The van der Waals surface area contributed by atoms with Gasteiger partial charge in [-0.05, 0) is 25.5 Å². The van der Waals surface area contributed by atoms with Crippen molar-refractivity contribution in [2.75, 3.05) is 11.9 Å². The Morgan fingerprint density at radius 1 is 1.33 bits per heavy atom. The molecular weight excluding hydrogens is 342 g/mol. The Morgan fingerprint density at radius 2 is 2.22 bits per heavy atom. The van der Waals surface area contributed by atoms with Crippen LogP contribution in [0.1, 0.15) is 37.0 Å². The number of H-pyrrole nitrogens is 1. The van der Waals surface area contributed by atoms with E-state index in [9.17, 15) is 4.79 Å². The van der Waals surface area contributed by atoms with Gasteiger partial charge >= 0.3 is 0 Å². The molecule has 0 spiro atoms. The van der Waals surface area contributed by atoms with Gasteiger partial charge in [-0.15, -0.1) is 0 Å². The van der Waals surface area contributed by atoms with Gasteiger partial charge in [0.2, 0.25) is 5.91 Å². The van der Waals surface area contributed by atoms with Crippen molar-refractivity contribution in [1.29, 1.82) is 0 Å². The van der Waals surface area contributed by atoms with Crippen LogP contribution in [0, 0.1) is 0 Å². The SMILES string of the molecule is CC(=O)N1CCc2c(nc(-c3cccnc3)nc2N[C@H](C)c2ncc[nH]2)C1. The lowest BCUT2D eigenvalue weighted by atomic mass is 10.0. The molecule has 1 amide bonds. The van der Waals surface area contributed by atoms with Gasteiger partial charge in [-0.2, -0.15) is 0 Å². The second-order valence-corrected chi connectivity index (χ2v) is 6.59. The molecule has 0 aromatic carbocycles. The molecule has 0 radical (unpaired) electrons. The van der Waals surface area contributed by atoms with Gasteiger partial charge in [0.25, 0.3) is 0 Å². The second-order valence-electron chi connectivity index (χ2n) is 6.59. The number of aromatic nitrogens is 5. The maximum atomic E-state index is 11.8. The first-order valence-electron chi connectivity index (χ1n) is 8.93. The molecule has 2 N–H and O–H groups in total. The zero-order chi connectivity index (χ0) is 18.8. The van der Waals surface area contributed by atoms with Crippen molar-refractivity contribution in [3.05, 3.63) is 54.0 Å². The number of hydrogen-bond donors (Lipinski definition) is 2. The van der Waals surface area contributed by atoms with E-state index in [-0.39, 0.29) is 11.9 Å². The third kappa shape index (κ3) is 3.51. The highest BCUT2D eigenvalue weighted by Gasteiger charge is 2.25. The summed E-state index contributed by atoms with van der Waals surface area (Å²) in [6, 6.07) is 3.75. The van der Waals surface area contributed by atoms with Crippen molar-refractivity contribution in [3.8, 4) is 11.4 Å². The zero-order valence-electron chi connectivity index (χ0n) is 15.3. The Labute approximate surface area is 157 Å². The van der Waals surface area contributed by atoms with Gasteiger partial charge in [0.15, 0.2) is 5.82 Å². The predicted molar refractivity (Wildman–Crippen MR) is 101 cm³/mol. The van der Waals surface area contributed by atoms with Crippen LogP contribution in [0.25, 0.3) is 11.4 Å². The summed E-state index contributed by atoms with van der Waals surface area (Å²) in [4.78, 5) is 34.7. The van der Waals surface area contributed by atoms with E-state index in [2.05, 4.69) is 20.3 Å². The minimum absolute atomic E-state index is 0.0356. The highest BCUT2D eigenvalue weighted by molar-refractivity contribution is 5.74. The summed E-state index contributed by atoms with van der Waals surface area (Å²) in [5.74, 6) is 2.28. The molecule has 0 saturated heterocycles. The monoisotopic (exact) mass is 363 g/mol. The van der Waals surface area contributed by atoms with E-state index in [0.29, 0.717) is 18.9 Å². The van der Waals surface area contributed by atoms with Gasteiger partial charge in [0.05, 0.1) is 18.3 Å². The van der Waals surface area contributed by atoms with Gasteiger partial charge in [0.1, 0.15) is 11.6 Å². The summed E-state index contributed by atoms with van der Waals surface area (Å²) in [5.41, 5.74) is 2.77. The normalized spacial score (nSPS) is 14.5. The standard InChI is InChI=1S/C19H21N7O/c1-12(17-21-7-8-22-17)23-19-15-5-9-26(13(2)27)11-16(15)24-18(25-19)14-4-3-6-20-10-14/h3-4,6-8,10,12H,5,9,11H2,1-2H3,(H,21,22)(H,23,24,25)/t12-/m1/s1. The Hall–Kier alpha value is -3.29. The number of nitrogens with zero attached hydrogens (tertiary/aromatic N) is 5. The molecule has 8 nitrogen and oxygen atoms in total. The number of carbonyl (C=O) groups is 1. The summed E-state index contributed by atoms with van der Waals surface area (Å²) < 4.78 is 0. The molecule has 138 valence electrons. The van der Waals surface area contributed by atoms with Gasteiger partial charge in [-0.1, -0.05) is 0 Å². The van der Waals surface area contributed by atoms with E-state index in [0.717, 1.165) is 34.9 Å². The van der Waals surface area contributed by atoms with Crippen LogP contribution in [-0.2, 0) is 17.8 Å². The number of imidazole rings is 1. The molecule has 0 bridgehead atoms. The summed E-state index contributed by atoms with van der Waals surface area (Å²) >= 11 is 0. The number of amides is 1. The van der Waals surface area contributed by atoms with Gasteiger partial charge in [-0.25, -0.2) is 15.0 Å². The van der Waals surface area contributed by atoms with Crippen molar-refractivity contribution >= 4 is 11.7 Å². The Bertz CT molecular complexity index is 940. The Morgan fingerprint density at radius 3 is 2.93 bits per heavy atom. The molecule has 4 rings (SSSR count). The van der Waals surface area contributed by atoms with Crippen molar-refractivity contribution in [3.63, 3.8) is 0 Å². The van der Waals surface area contributed by atoms with Gasteiger partial charge in [-0.3, -0.25) is 9.78 Å². The average Bonchev–Trinajstić information content (AvgIpc) is 3.23. The number of pyridine rings is 1. The second kappa shape index (κ2) is 7.14. The Balaban J connectivity index is 1.74. The maximum Gasteiger partial charge on any atom is 0.219 e. The fourth-order valence-electron chi connectivity index (χ4n) is 3.23. The maximum absolute atomic E-state index is 11.8. The van der Waals surface area contributed by atoms with E-state index in [4.69, 9.17) is 9.97 Å². The lowest BCUT2D eigenvalue weighted by Gasteiger charge is -2.29. The van der Waals surface area contributed by atoms with Crippen LogP contribution in [0.3, 0.4) is 0 Å². The number of rotatable bonds is 4. The topological polar surface area (TPSA) is 99.7 Å².